The van der Waals surface area contributed by atoms with Crippen molar-refractivity contribution in [3.63, 3.8) is 0 Å². The second-order valence-electron chi connectivity index (χ2n) is 3.60. The van der Waals surface area contributed by atoms with Gasteiger partial charge in [0.05, 0.1) is 0 Å². The predicted molar refractivity (Wildman–Crippen MR) is 73.2 cm³/mol. The van der Waals surface area contributed by atoms with Gasteiger partial charge in [-0.05, 0) is 42.9 Å². The molecule has 0 unspecified atom stereocenters. The van der Waals surface area contributed by atoms with Crippen molar-refractivity contribution in [3.8, 4) is 0 Å². The molecule has 0 saturated carbocycles. The lowest BCUT2D eigenvalue weighted by Crippen LogP contribution is -1.87. The van der Waals surface area contributed by atoms with Gasteiger partial charge in [0.2, 0.25) is 0 Å². The first-order chi connectivity index (χ1) is 7.29. The summed E-state index contributed by atoms with van der Waals surface area (Å²) in [7, 11) is 0. The second-order valence-corrected chi connectivity index (χ2v) is 5.84. The third-order valence-corrected chi connectivity index (χ3v) is 4.92. The van der Waals surface area contributed by atoms with E-state index >= 15 is 0 Å². The maximum absolute atomic E-state index is 2.26. The van der Waals surface area contributed by atoms with Gasteiger partial charge in [0.25, 0.3) is 0 Å². The average Bonchev–Trinajstić information content (AvgIpc) is 2.25. The van der Waals surface area contributed by atoms with Crippen molar-refractivity contribution in [2.24, 2.45) is 0 Å². The number of thioether (sulfide) groups is 2. The Morgan fingerprint density at radius 2 is 1.67 bits per heavy atom. The highest BCUT2D eigenvalue weighted by Crippen LogP contribution is 2.34. The summed E-state index contributed by atoms with van der Waals surface area (Å²) in [5.41, 5.74) is 1.43. The maximum atomic E-state index is 2.26. The summed E-state index contributed by atoms with van der Waals surface area (Å²) >= 11 is 3.99. The summed E-state index contributed by atoms with van der Waals surface area (Å²) in [5, 5.41) is 0. The molecular formula is C13H20S2. The van der Waals surface area contributed by atoms with E-state index in [1.165, 1.54) is 39.7 Å². The third kappa shape index (κ3) is 4.12. The van der Waals surface area contributed by atoms with Gasteiger partial charge in [-0.2, -0.15) is 0 Å². The molecule has 0 bridgehead atoms. The lowest BCUT2D eigenvalue weighted by Gasteiger charge is -2.10. The molecule has 0 spiro atoms. The lowest BCUT2D eigenvalue weighted by molar-refractivity contribution is 1.08. The molecule has 0 aliphatic carbocycles. The molecule has 15 heavy (non-hydrogen) atoms. The van der Waals surface area contributed by atoms with Gasteiger partial charge in [0.15, 0.2) is 0 Å². The molecule has 1 aromatic carbocycles. The Morgan fingerprint density at radius 3 is 2.33 bits per heavy atom. The van der Waals surface area contributed by atoms with Crippen LogP contribution >= 0.6 is 23.5 Å². The smallest absolute Gasteiger partial charge is 0.0237 e. The van der Waals surface area contributed by atoms with E-state index in [0.717, 1.165) is 0 Å². The molecule has 0 nitrogen and oxygen atoms in total. The largest absolute Gasteiger partial charge is 0.125 e. The number of aryl methyl sites for hydroxylation is 1. The molecule has 0 radical (unpaired) electrons. The Kier molecular flexibility index (Phi) is 6.26. The van der Waals surface area contributed by atoms with Crippen molar-refractivity contribution in [1.29, 1.82) is 0 Å². The molecule has 1 rings (SSSR count). The molecule has 0 fully saturated rings. The Bertz CT molecular complexity index is 295. The number of hydrogen-bond acceptors (Lipinski definition) is 2. The highest BCUT2D eigenvalue weighted by molar-refractivity contribution is 8.02. The zero-order valence-electron chi connectivity index (χ0n) is 9.88. The number of hydrogen-bond donors (Lipinski definition) is 0. The topological polar surface area (TPSA) is 0 Å². The van der Waals surface area contributed by atoms with Crippen LogP contribution in [-0.2, 0) is 0 Å². The fraction of sp³-hybridized carbons (Fsp3) is 0.538. The molecule has 84 valence electrons. The highest BCUT2D eigenvalue weighted by atomic mass is 32.2. The Balaban J connectivity index is 2.77. The summed E-state index contributed by atoms with van der Waals surface area (Å²) in [6.07, 6.45) is 2.49. The zero-order valence-corrected chi connectivity index (χ0v) is 11.5. The quantitative estimate of drug-likeness (QED) is 0.642. The molecule has 2 heteroatoms. The van der Waals surface area contributed by atoms with Gasteiger partial charge in [-0.25, -0.2) is 0 Å². The standard InChI is InChI=1S/C13H20S2/c1-4-9-14-12-8-6-7-11(3)13(12)15-10-5-2/h6-8H,4-5,9-10H2,1-3H3. The van der Waals surface area contributed by atoms with Crippen molar-refractivity contribution in [3.05, 3.63) is 23.8 Å². The summed E-state index contributed by atoms with van der Waals surface area (Å²) in [6.45, 7) is 6.69. The van der Waals surface area contributed by atoms with Crippen LogP contribution in [0, 0.1) is 6.92 Å². The van der Waals surface area contributed by atoms with E-state index in [0.29, 0.717) is 0 Å². The van der Waals surface area contributed by atoms with Crippen molar-refractivity contribution >= 4 is 23.5 Å². The Labute approximate surface area is 102 Å². The lowest BCUT2D eigenvalue weighted by atomic mass is 10.2. The maximum Gasteiger partial charge on any atom is 0.0237 e. The van der Waals surface area contributed by atoms with Crippen LogP contribution in [0.4, 0.5) is 0 Å². The van der Waals surface area contributed by atoms with Crippen LogP contribution in [0.15, 0.2) is 28.0 Å². The summed E-state index contributed by atoms with van der Waals surface area (Å²) < 4.78 is 0. The van der Waals surface area contributed by atoms with Crippen LogP contribution in [0.1, 0.15) is 32.3 Å². The van der Waals surface area contributed by atoms with Crippen molar-refractivity contribution in [2.45, 2.75) is 43.4 Å². The van der Waals surface area contributed by atoms with Crippen molar-refractivity contribution in [1.82, 2.24) is 0 Å². The van der Waals surface area contributed by atoms with E-state index < -0.39 is 0 Å². The molecule has 1 aromatic rings. The van der Waals surface area contributed by atoms with Crippen molar-refractivity contribution in [2.75, 3.05) is 11.5 Å². The van der Waals surface area contributed by atoms with Gasteiger partial charge in [-0.15, -0.1) is 23.5 Å². The molecular weight excluding hydrogens is 220 g/mol. The molecule has 0 aliphatic rings. The fourth-order valence-electron chi connectivity index (χ4n) is 1.34. The van der Waals surface area contributed by atoms with Gasteiger partial charge >= 0.3 is 0 Å². The van der Waals surface area contributed by atoms with Crippen LogP contribution in [-0.4, -0.2) is 11.5 Å². The van der Waals surface area contributed by atoms with Gasteiger partial charge in [0, 0.05) is 9.79 Å². The minimum Gasteiger partial charge on any atom is -0.125 e. The van der Waals surface area contributed by atoms with Crippen LogP contribution in [0.2, 0.25) is 0 Å². The molecule has 0 atom stereocenters. The Hall–Kier alpha value is -0.0800. The van der Waals surface area contributed by atoms with E-state index in [2.05, 4.69) is 39.0 Å². The first-order valence-corrected chi connectivity index (χ1v) is 7.62. The molecule has 0 amide bonds. The van der Waals surface area contributed by atoms with E-state index in [1.54, 1.807) is 0 Å². The monoisotopic (exact) mass is 240 g/mol. The van der Waals surface area contributed by atoms with Crippen LogP contribution in [0.3, 0.4) is 0 Å². The second kappa shape index (κ2) is 7.24. The van der Waals surface area contributed by atoms with E-state index in [1.807, 2.05) is 23.5 Å². The van der Waals surface area contributed by atoms with Crippen molar-refractivity contribution < 1.29 is 0 Å². The minimum atomic E-state index is 1.23. The normalized spacial score (nSPS) is 10.6. The molecule has 0 saturated heterocycles. The Morgan fingerprint density at radius 1 is 1.00 bits per heavy atom. The van der Waals surface area contributed by atoms with E-state index in [9.17, 15) is 0 Å². The van der Waals surface area contributed by atoms with Gasteiger partial charge in [-0.3, -0.25) is 0 Å². The highest BCUT2D eigenvalue weighted by Gasteiger charge is 2.05. The summed E-state index contributed by atoms with van der Waals surface area (Å²) in [6, 6.07) is 6.64. The first kappa shape index (κ1) is 13.0. The van der Waals surface area contributed by atoms with Gasteiger partial charge < -0.3 is 0 Å². The zero-order chi connectivity index (χ0) is 11.1. The third-order valence-electron chi connectivity index (χ3n) is 2.09. The molecule has 0 heterocycles. The fourth-order valence-corrected chi connectivity index (χ4v) is 3.50. The molecule has 0 aliphatic heterocycles. The van der Waals surface area contributed by atoms with Crippen LogP contribution < -0.4 is 0 Å². The van der Waals surface area contributed by atoms with Crippen LogP contribution in [0.25, 0.3) is 0 Å². The summed E-state index contributed by atoms with van der Waals surface area (Å²) in [5.74, 6) is 2.45. The minimum absolute atomic E-state index is 1.23. The van der Waals surface area contributed by atoms with Gasteiger partial charge in [-0.1, -0.05) is 26.0 Å². The SMILES string of the molecule is CCCSc1cccc(C)c1SCCC. The molecule has 0 N–H and O–H groups in total. The number of benzene rings is 1. The average molecular weight is 240 g/mol. The van der Waals surface area contributed by atoms with Crippen LogP contribution in [0.5, 0.6) is 0 Å². The molecule has 0 aromatic heterocycles. The van der Waals surface area contributed by atoms with E-state index in [4.69, 9.17) is 0 Å². The van der Waals surface area contributed by atoms with Gasteiger partial charge in [0.1, 0.15) is 0 Å². The predicted octanol–water partition coefficient (Wildman–Crippen LogP) is 5.00. The summed E-state index contributed by atoms with van der Waals surface area (Å²) in [4.78, 5) is 2.97. The number of rotatable bonds is 6. The first-order valence-electron chi connectivity index (χ1n) is 5.64. The van der Waals surface area contributed by atoms with E-state index in [-0.39, 0.29) is 0 Å².